The van der Waals surface area contributed by atoms with Crippen molar-refractivity contribution < 1.29 is 14.6 Å². The fraction of sp³-hybridized carbons (Fsp3) is 0.550. The summed E-state index contributed by atoms with van der Waals surface area (Å²) < 4.78 is 5.43. The first kappa shape index (κ1) is 19.3. The Labute approximate surface area is 140 Å². The van der Waals surface area contributed by atoms with Gasteiger partial charge in [0.1, 0.15) is 5.75 Å². The highest BCUT2D eigenvalue weighted by Crippen LogP contribution is 2.23. The fourth-order valence-electron chi connectivity index (χ4n) is 2.69. The maximum atomic E-state index is 10.6. The van der Waals surface area contributed by atoms with Crippen LogP contribution in [0.5, 0.6) is 5.75 Å². The predicted octanol–water partition coefficient (Wildman–Crippen LogP) is 5.48. The molecule has 0 aliphatic rings. The second kappa shape index (κ2) is 11.8. The molecule has 0 radical (unpaired) electrons. The summed E-state index contributed by atoms with van der Waals surface area (Å²) >= 11 is 0. The Hall–Kier alpha value is -1.77. The van der Waals surface area contributed by atoms with Gasteiger partial charge in [-0.05, 0) is 36.1 Å². The zero-order valence-electron chi connectivity index (χ0n) is 14.5. The van der Waals surface area contributed by atoms with Gasteiger partial charge in [0, 0.05) is 6.08 Å². The smallest absolute Gasteiger partial charge is 0.328 e. The van der Waals surface area contributed by atoms with Crippen LogP contribution in [0, 0.1) is 0 Å². The highest BCUT2D eigenvalue weighted by Gasteiger charge is 2.04. The summed E-state index contributed by atoms with van der Waals surface area (Å²) in [7, 11) is 1.66. The molecule has 0 aliphatic heterocycles. The number of carboxylic acid groups (broad SMARTS) is 1. The van der Waals surface area contributed by atoms with Gasteiger partial charge in [-0.15, -0.1) is 0 Å². The van der Waals surface area contributed by atoms with E-state index >= 15 is 0 Å². The third-order valence-electron chi connectivity index (χ3n) is 4.03. The lowest BCUT2D eigenvalue weighted by molar-refractivity contribution is -0.131. The lowest BCUT2D eigenvalue weighted by Crippen LogP contribution is -1.94. The normalized spacial score (nSPS) is 11.0. The molecular weight excluding hydrogens is 288 g/mol. The highest BCUT2D eigenvalue weighted by atomic mass is 16.5. The van der Waals surface area contributed by atoms with E-state index in [1.54, 1.807) is 13.2 Å². The Morgan fingerprint density at radius 2 is 1.74 bits per heavy atom. The summed E-state index contributed by atoms with van der Waals surface area (Å²) in [5, 5.41) is 8.67. The molecule has 0 fully saturated rings. The van der Waals surface area contributed by atoms with Crippen LogP contribution in [0.1, 0.15) is 69.4 Å². The van der Waals surface area contributed by atoms with Crippen LogP contribution in [0.15, 0.2) is 24.3 Å². The van der Waals surface area contributed by atoms with Crippen molar-refractivity contribution in [1.82, 2.24) is 0 Å². The minimum absolute atomic E-state index is 0.848. The average molecular weight is 318 g/mol. The number of aryl methyl sites for hydroxylation is 1. The third kappa shape index (κ3) is 8.44. The van der Waals surface area contributed by atoms with E-state index in [9.17, 15) is 4.79 Å². The van der Waals surface area contributed by atoms with Gasteiger partial charge in [0.2, 0.25) is 0 Å². The predicted molar refractivity (Wildman–Crippen MR) is 96.0 cm³/mol. The molecule has 0 aromatic heterocycles. The molecule has 0 amide bonds. The van der Waals surface area contributed by atoms with Gasteiger partial charge in [0.05, 0.1) is 7.11 Å². The molecule has 1 rings (SSSR count). The van der Waals surface area contributed by atoms with Crippen LogP contribution in [0.3, 0.4) is 0 Å². The highest BCUT2D eigenvalue weighted by molar-refractivity contribution is 5.85. The maximum absolute atomic E-state index is 10.6. The van der Waals surface area contributed by atoms with E-state index < -0.39 is 5.97 Å². The standard InChI is InChI=1S/C20H30O3/c1-3-4-5-6-7-8-9-10-11-18-14-12-17(13-15-20(21)22)16-19(18)23-2/h12-16H,3-11H2,1-2H3,(H,21,22). The van der Waals surface area contributed by atoms with Gasteiger partial charge in [0.25, 0.3) is 0 Å². The van der Waals surface area contributed by atoms with Gasteiger partial charge in [-0.3, -0.25) is 0 Å². The molecule has 0 saturated carbocycles. The molecule has 0 unspecified atom stereocenters. The van der Waals surface area contributed by atoms with Crippen molar-refractivity contribution in [3.8, 4) is 5.75 Å². The number of ether oxygens (including phenoxy) is 1. The second-order valence-corrected chi connectivity index (χ2v) is 5.97. The van der Waals surface area contributed by atoms with E-state index in [1.165, 1.54) is 56.9 Å². The van der Waals surface area contributed by atoms with Crippen LogP contribution in [0.25, 0.3) is 6.08 Å². The number of rotatable bonds is 12. The first-order valence-electron chi connectivity index (χ1n) is 8.75. The quantitative estimate of drug-likeness (QED) is 0.410. The SMILES string of the molecule is CCCCCCCCCCc1ccc(C=CC(=O)O)cc1OC. The number of hydrogen-bond acceptors (Lipinski definition) is 2. The maximum Gasteiger partial charge on any atom is 0.328 e. The minimum atomic E-state index is -0.938. The molecule has 0 saturated heterocycles. The molecule has 0 heterocycles. The number of methoxy groups -OCH3 is 1. The number of carbonyl (C=O) groups is 1. The average Bonchev–Trinajstić information content (AvgIpc) is 2.55. The molecule has 1 N–H and O–H groups in total. The van der Waals surface area contributed by atoms with Crippen molar-refractivity contribution >= 4 is 12.0 Å². The van der Waals surface area contributed by atoms with Crippen molar-refractivity contribution in [1.29, 1.82) is 0 Å². The molecular formula is C20H30O3. The molecule has 23 heavy (non-hydrogen) atoms. The molecule has 0 spiro atoms. The molecule has 1 aromatic carbocycles. The largest absolute Gasteiger partial charge is 0.496 e. The zero-order chi connectivity index (χ0) is 16.9. The van der Waals surface area contributed by atoms with Crippen LogP contribution >= 0.6 is 0 Å². The Bertz CT molecular complexity index is 492. The van der Waals surface area contributed by atoms with Crippen LogP contribution in [0.4, 0.5) is 0 Å². The number of aliphatic carboxylic acids is 1. The summed E-state index contributed by atoms with van der Waals surface area (Å²) in [5.74, 6) is -0.0903. The Kier molecular flexibility index (Phi) is 9.85. The summed E-state index contributed by atoms with van der Waals surface area (Å²) in [5.41, 5.74) is 2.05. The van der Waals surface area contributed by atoms with Crippen molar-refractivity contribution in [2.45, 2.75) is 64.7 Å². The molecule has 128 valence electrons. The summed E-state index contributed by atoms with van der Waals surface area (Å²) in [6.45, 7) is 2.25. The van der Waals surface area contributed by atoms with E-state index in [0.717, 1.165) is 23.8 Å². The van der Waals surface area contributed by atoms with Crippen molar-refractivity contribution in [2.24, 2.45) is 0 Å². The topological polar surface area (TPSA) is 46.5 Å². The third-order valence-corrected chi connectivity index (χ3v) is 4.03. The van der Waals surface area contributed by atoms with Gasteiger partial charge in [-0.25, -0.2) is 4.79 Å². The number of benzene rings is 1. The summed E-state index contributed by atoms with van der Waals surface area (Å²) in [6, 6.07) is 5.89. The van der Waals surface area contributed by atoms with Gasteiger partial charge in [-0.1, -0.05) is 64.0 Å². The molecule has 1 aromatic rings. The number of carboxylic acids is 1. The molecule has 3 nitrogen and oxygen atoms in total. The fourth-order valence-corrected chi connectivity index (χ4v) is 2.69. The molecule has 0 atom stereocenters. The van der Waals surface area contributed by atoms with Crippen LogP contribution in [0.2, 0.25) is 0 Å². The Morgan fingerprint density at radius 3 is 2.35 bits per heavy atom. The summed E-state index contributed by atoms with van der Waals surface area (Å²) in [6.07, 6.45) is 14.2. The van der Waals surface area contributed by atoms with Gasteiger partial charge in [-0.2, -0.15) is 0 Å². The van der Waals surface area contributed by atoms with E-state index in [2.05, 4.69) is 6.92 Å². The lowest BCUT2D eigenvalue weighted by Gasteiger charge is -2.09. The zero-order valence-corrected chi connectivity index (χ0v) is 14.5. The minimum Gasteiger partial charge on any atom is -0.496 e. The monoisotopic (exact) mass is 318 g/mol. The van der Waals surface area contributed by atoms with Crippen LogP contribution in [-0.4, -0.2) is 18.2 Å². The van der Waals surface area contributed by atoms with Gasteiger partial charge >= 0.3 is 5.97 Å². The van der Waals surface area contributed by atoms with Gasteiger partial charge in [0.15, 0.2) is 0 Å². The van der Waals surface area contributed by atoms with E-state index in [0.29, 0.717) is 0 Å². The van der Waals surface area contributed by atoms with E-state index in [-0.39, 0.29) is 0 Å². The van der Waals surface area contributed by atoms with Crippen LogP contribution in [-0.2, 0) is 11.2 Å². The van der Waals surface area contributed by atoms with E-state index in [1.807, 2.05) is 18.2 Å². The van der Waals surface area contributed by atoms with Crippen molar-refractivity contribution in [3.05, 3.63) is 35.4 Å². The van der Waals surface area contributed by atoms with Crippen molar-refractivity contribution in [2.75, 3.05) is 7.11 Å². The molecule has 3 heteroatoms. The van der Waals surface area contributed by atoms with E-state index in [4.69, 9.17) is 9.84 Å². The van der Waals surface area contributed by atoms with Gasteiger partial charge < -0.3 is 9.84 Å². The first-order valence-corrected chi connectivity index (χ1v) is 8.75. The molecule has 0 bridgehead atoms. The summed E-state index contributed by atoms with van der Waals surface area (Å²) in [4.78, 5) is 10.6. The number of unbranched alkanes of at least 4 members (excludes halogenated alkanes) is 7. The number of hydrogen-bond donors (Lipinski definition) is 1. The Balaban J connectivity index is 2.37. The molecule has 0 aliphatic carbocycles. The van der Waals surface area contributed by atoms with Crippen molar-refractivity contribution in [3.63, 3.8) is 0 Å². The van der Waals surface area contributed by atoms with Crippen LogP contribution < -0.4 is 4.74 Å². The second-order valence-electron chi connectivity index (χ2n) is 5.97. The lowest BCUT2D eigenvalue weighted by atomic mass is 10.0. The Morgan fingerprint density at radius 1 is 1.09 bits per heavy atom. The first-order chi connectivity index (χ1) is 11.2.